The molecule has 5 nitrogen and oxygen atoms in total. The van der Waals surface area contributed by atoms with Gasteiger partial charge in [0.25, 0.3) is 0 Å². The second-order valence-electron chi connectivity index (χ2n) is 3.63. The Balaban J connectivity index is 3.19. The fraction of sp³-hybridized carbons (Fsp3) is 0.182. The smallest absolute Gasteiger partial charge is 0.317 e. The number of primary amides is 1. The maximum atomic E-state index is 13.4. The summed E-state index contributed by atoms with van der Waals surface area (Å²) in [6, 6.07) is 1.51. The van der Waals surface area contributed by atoms with Crippen molar-refractivity contribution in [3.05, 3.63) is 29.1 Å². The molecule has 1 aromatic carbocycles. The van der Waals surface area contributed by atoms with Gasteiger partial charge in [-0.1, -0.05) is 12.2 Å². The van der Waals surface area contributed by atoms with Gasteiger partial charge in [0.2, 0.25) is 5.91 Å². The first-order chi connectivity index (χ1) is 8.31. The number of halogens is 1. The highest BCUT2D eigenvalue weighted by Gasteiger charge is 2.13. The Morgan fingerprint density at radius 1 is 1.39 bits per heavy atom. The summed E-state index contributed by atoms with van der Waals surface area (Å²) in [5.74, 6) is -0.906. The molecule has 7 heteroatoms. The number of rotatable bonds is 2. The predicted molar refractivity (Wildman–Crippen MR) is 69.9 cm³/mol. The number of nitrogens with one attached hydrogen (secondary N) is 2. The van der Waals surface area contributed by atoms with Crippen LogP contribution in [0.2, 0.25) is 0 Å². The highest BCUT2D eigenvalue weighted by atomic mass is 32.1. The van der Waals surface area contributed by atoms with Gasteiger partial charge in [-0.15, -0.1) is 0 Å². The molecule has 0 aliphatic heterocycles. The van der Waals surface area contributed by atoms with Gasteiger partial charge in [-0.3, -0.25) is 10.1 Å². The summed E-state index contributed by atoms with van der Waals surface area (Å²) in [4.78, 5) is 21.7. The second kappa shape index (κ2) is 5.54. The Bertz CT molecular complexity index is 531. The molecule has 1 aromatic rings. The minimum absolute atomic E-state index is 0.00565. The van der Waals surface area contributed by atoms with Crippen molar-refractivity contribution in [2.75, 3.05) is 5.32 Å². The summed E-state index contributed by atoms with van der Waals surface area (Å²) in [6.45, 7) is 2.96. The first-order valence-corrected chi connectivity index (χ1v) is 5.40. The molecule has 0 heterocycles. The number of carbonyl (C=O) groups excluding carboxylic acids is 2. The van der Waals surface area contributed by atoms with Crippen LogP contribution in [-0.2, 0) is 4.79 Å². The van der Waals surface area contributed by atoms with Gasteiger partial charge in [-0.05, 0) is 24.6 Å². The Labute approximate surface area is 109 Å². The molecule has 0 bridgehead atoms. The molecule has 0 spiro atoms. The van der Waals surface area contributed by atoms with Crippen LogP contribution in [0.15, 0.2) is 12.1 Å². The van der Waals surface area contributed by atoms with Crippen molar-refractivity contribution in [1.82, 2.24) is 5.32 Å². The van der Waals surface area contributed by atoms with Crippen molar-refractivity contribution in [2.24, 2.45) is 5.73 Å². The Morgan fingerprint density at radius 2 is 2.00 bits per heavy atom. The maximum Gasteiger partial charge on any atom is 0.317 e. The second-order valence-corrected chi connectivity index (χ2v) is 4.03. The van der Waals surface area contributed by atoms with Crippen LogP contribution in [0.4, 0.5) is 14.9 Å². The first kappa shape index (κ1) is 14.0. The van der Waals surface area contributed by atoms with Crippen molar-refractivity contribution >= 4 is 34.8 Å². The van der Waals surface area contributed by atoms with Crippen molar-refractivity contribution in [3.8, 4) is 0 Å². The average Bonchev–Trinajstić information content (AvgIpc) is 2.20. The highest BCUT2D eigenvalue weighted by molar-refractivity contribution is 7.80. The molecule has 0 saturated carbocycles. The maximum absolute atomic E-state index is 13.4. The summed E-state index contributed by atoms with van der Waals surface area (Å²) in [5, 5.41) is 4.68. The van der Waals surface area contributed by atoms with Crippen LogP contribution in [-0.4, -0.2) is 16.9 Å². The monoisotopic (exact) mass is 269 g/mol. The average molecular weight is 269 g/mol. The lowest BCUT2D eigenvalue weighted by molar-refractivity contribution is -0.114. The summed E-state index contributed by atoms with van der Waals surface area (Å²) >= 11 is 4.93. The molecule has 0 aromatic heterocycles. The van der Waals surface area contributed by atoms with Gasteiger partial charge >= 0.3 is 6.03 Å². The van der Waals surface area contributed by atoms with E-state index in [1.807, 2.05) is 0 Å². The number of urea groups is 1. The molecule has 18 heavy (non-hydrogen) atoms. The molecular weight excluding hydrogens is 257 g/mol. The number of carbonyl (C=O) groups is 2. The first-order valence-electron chi connectivity index (χ1n) is 4.99. The number of anilines is 1. The van der Waals surface area contributed by atoms with Crippen LogP contribution in [0.3, 0.4) is 0 Å². The van der Waals surface area contributed by atoms with E-state index >= 15 is 0 Å². The summed E-state index contributed by atoms with van der Waals surface area (Å²) in [7, 11) is 0. The molecule has 0 unspecified atom stereocenters. The van der Waals surface area contributed by atoms with E-state index in [0.717, 1.165) is 0 Å². The van der Waals surface area contributed by atoms with Gasteiger partial charge < -0.3 is 11.1 Å². The number of benzene rings is 1. The number of nitrogens with two attached hydrogens (primary N) is 1. The number of hydrogen-bond donors (Lipinski definition) is 3. The SMILES string of the molecule is CC(=O)Nc1cc(F)cc(C(=S)NC(N)=O)c1C. The van der Waals surface area contributed by atoms with Crippen molar-refractivity contribution in [2.45, 2.75) is 13.8 Å². The zero-order valence-electron chi connectivity index (χ0n) is 9.83. The van der Waals surface area contributed by atoms with Crippen LogP contribution in [0, 0.1) is 12.7 Å². The van der Waals surface area contributed by atoms with Crippen molar-refractivity contribution < 1.29 is 14.0 Å². The topological polar surface area (TPSA) is 84.2 Å². The molecule has 0 aliphatic carbocycles. The molecular formula is C11H12FN3O2S. The zero-order chi connectivity index (χ0) is 13.9. The van der Waals surface area contributed by atoms with Gasteiger partial charge in [0, 0.05) is 18.2 Å². The van der Waals surface area contributed by atoms with E-state index in [0.29, 0.717) is 16.8 Å². The molecule has 0 radical (unpaired) electrons. The number of amides is 3. The molecule has 0 atom stereocenters. The van der Waals surface area contributed by atoms with Gasteiger partial charge in [-0.2, -0.15) is 0 Å². The van der Waals surface area contributed by atoms with E-state index in [4.69, 9.17) is 18.0 Å². The van der Waals surface area contributed by atoms with Gasteiger partial charge in [0.05, 0.1) is 0 Å². The van der Waals surface area contributed by atoms with Crippen molar-refractivity contribution in [3.63, 3.8) is 0 Å². The third-order valence-electron chi connectivity index (χ3n) is 2.16. The van der Waals surface area contributed by atoms with Crippen LogP contribution in [0.5, 0.6) is 0 Å². The quantitative estimate of drug-likeness (QED) is 0.710. The van der Waals surface area contributed by atoms with Crippen LogP contribution in [0.1, 0.15) is 18.1 Å². The van der Waals surface area contributed by atoms with E-state index in [-0.39, 0.29) is 10.9 Å². The molecule has 96 valence electrons. The molecule has 0 fully saturated rings. The summed E-state index contributed by atoms with van der Waals surface area (Å²) in [5.41, 5.74) is 6.08. The van der Waals surface area contributed by atoms with Gasteiger partial charge in [0.15, 0.2) is 0 Å². The standard InChI is InChI=1S/C11H12FN3O2S/c1-5-8(10(18)15-11(13)17)3-7(12)4-9(5)14-6(2)16/h3-4H,1-2H3,(H,14,16)(H3,13,15,17,18). The van der Waals surface area contributed by atoms with Crippen LogP contribution >= 0.6 is 12.2 Å². The van der Waals surface area contributed by atoms with Crippen LogP contribution in [0.25, 0.3) is 0 Å². The van der Waals surface area contributed by atoms with E-state index in [1.54, 1.807) is 6.92 Å². The van der Waals surface area contributed by atoms with Crippen LogP contribution < -0.4 is 16.4 Å². The molecule has 3 amide bonds. The third-order valence-corrected chi connectivity index (χ3v) is 2.49. The zero-order valence-corrected chi connectivity index (χ0v) is 10.7. The minimum Gasteiger partial charge on any atom is -0.351 e. The Morgan fingerprint density at radius 3 is 2.50 bits per heavy atom. The van der Waals surface area contributed by atoms with E-state index < -0.39 is 11.8 Å². The van der Waals surface area contributed by atoms with E-state index in [9.17, 15) is 14.0 Å². The Hall–Kier alpha value is -2.02. The molecule has 0 aliphatic rings. The molecule has 4 N–H and O–H groups in total. The number of thiocarbonyl (C=S) groups is 1. The fourth-order valence-corrected chi connectivity index (χ4v) is 1.73. The van der Waals surface area contributed by atoms with Gasteiger partial charge in [-0.25, -0.2) is 9.18 Å². The summed E-state index contributed by atoms with van der Waals surface area (Å²) < 4.78 is 13.4. The normalized spacial score (nSPS) is 9.72. The summed E-state index contributed by atoms with van der Waals surface area (Å²) in [6.07, 6.45) is 0. The van der Waals surface area contributed by atoms with E-state index in [2.05, 4.69) is 10.6 Å². The fourth-order valence-electron chi connectivity index (χ4n) is 1.41. The van der Waals surface area contributed by atoms with Crippen molar-refractivity contribution in [1.29, 1.82) is 0 Å². The number of hydrogen-bond acceptors (Lipinski definition) is 3. The minimum atomic E-state index is -0.829. The lowest BCUT2D eigenvalue weighted by Crippen LogP contribution is -2.34. The third kappa shape index (κ3) is 3.49. The lowest BCUT2D eigenvalue weighted by atomic mass is 10.1. The lowest BCUT2D eigenvalue weighted by Gasteiger charge is -2.13. The predicted octanol–water partition coefficient (Wildman–Crippen LogP) is 1.44. The highest BCUT2D eigenvalue weighted by Crippen LogP contribution is 2.21. The van der Waals surface area contributed by atoms with Gasteiger partial charge in [0.1, 0.15) is 10.8 Å². The van der Waals surface area contributed by atoms with E-state index in [1.165, 1.54) is 19.1 Å². The Kier molecular flexibility index (Phi) is 4.33. The molecule has 1 rings (SSSR count). The largest absolute Gasteiger partial charge is 0.351 e. The molecule has 0 saturated heterocycles.